The first-order chi connectivity index (χ1) is 20.4. The van der Waals surface area contributed by atoms with E-state index in [1.807, 2.05) is 42.3 Å². The van der Waals surface area contributed by atoms with Gasteiger partial charge in [0.1, 0.15) is 11.6 Å². The van der Waals surface area contributed by atoms with Crippen LogP contribution in [0.25, 0.3) is 11.0 Å². The van der Waals surface area contributed by atoms with Crippen LogP contribution in [0.15, 0.2) is 60.7 Å². The van der Waals surface area contributed by atoms with Crippen molar-refractivity contribution in [2.24, 2.45) is 5.92 Å². The number of carbonyl (C=O) groups excluding carboxylic acids is 1. The highest BCUT2D eigenvalue weighted by atomic mass is 35.5. The number of benzene rings is 3. The van der Waals surface area contributed by atoms with Gasteiger partial charge in [-0.05, 0) is 74.3 Å². The number of carbonyl (C=O) groups is 1. The van der Waals surface area contributed by atoms with E-state index in [-0.39, 0.29) is 10.9 Å². The Labute approximate surface area is 253 Å². The van der Waals surface area contributed by atoms with Crippen LogP contribution in [0.5, 0.6) is 17.2 Å². The first-order valence-electron chi connectivity index (χ1n) is 14.4. The zero-order chi connectivity index (χ0) is 30.1. The minimum absolute atomic E-state index is 0.183. The van der Waals surface area contributed by atoms with Crippen molar-refractivity contribution in [3.63, 3.8) is 0 Å². The van der Waals surface area contributed by atoms with E-state index in [0.717, 1.165) is 47.6 Å². The third-order valence-corrected chi connectivity index (χ3v) is 7.50. The van der Waals surface area contributed by atoms with Crippen LogP contribution >= 0.6 is 11.6 Å². The van der Waals surface area contributed by atoms with Gasteiger partial charge in [0.25, 0.3) is 5.91 Å². The normalized spacial score (nSPS) is 11.2. The molecule has 0 radical (unpaired) electrons. The van der Waals surface area contributed by atoms with Crippen molar-refractivity contribution in [3.8, 4) is 17.2 Å². The molecule has 224 valence electrons. The molecule has 0 aliphatic rings. The van der Waals surface area contributed by atoms with Gasteiger partial charge in [0.2, 0.25) is 0 Å². The van der Waals surface area contributed by atoms with E-state index in [1.54, 1.807) is 19.2 Å². The number of ether oxygens (including phenoxy) is 3. The summed E-state index contributed by atoms with van der Waals surface area (Å²) in [6.07, 6.45) is 1.77. The van der Waals surface area contributed by atoms with Crippen LogP contribution in [0.3, 0.4) is 0 Å². The van der Waals surface area contributed by atoms with Crippen LogP contribution in [-0.2, 0) is 13.1 Å². The highest BCUT2D eigenvalue weighted by molar-refractivity contribution is 6.35. The maximum atomic E-state index is 14.0. The number of hydrogen-bond donors (Lipinski definition) is 1. The Balaban J connectivity index is 1.67. The maximum absolute atomic E-state index is 14.0. The third kappa shape index (κ3) is 7.55. The highest BCUT2D eigenvalue weighted by Gasteiger charge is 2.25. The van der Waals surface area contributed by atoms with Crippen molar-refractivity contribution in [3.05, 3.63) is 82.6 Å². The molecular weight excluding hydrogens is 552 g/mol. The van der Waals surface area contributed by atoms with Crippen LogP contribution in [0.2, 0.25) is 5.02 Å². The molecule has 0 spiro atoms. The summed E-state index contributed by atoms with van der Waals surface area (Å²) in [6, 6.07) is 19.6. The lowest BCUT2D eigenvalue weighted by Crippen LogP contribution is -2.33. The summed E-state index contributed by atoms with van der Waals surface area (Å²) in [5.41, 5.74) is 3.35. The van der Waals surface area contributed by atoms with Crippen LogP contribution in [0.1, 0.15) is 48.4 Å². The Morgan fingerprint density at radius 3 is 2.62 bits per heavy atom. The third-order valence-electron chi connectivity index (χ3n) is 7.12. The first-order valence-corrected chi connectivity index (χ1v) is 14.7. The molecule has 0 atom stereocenters. The van der Waals surface area contributed by atoms with E-state index in [9.17, 15) is 4.79 Å². The van der Waals surface area contributed by atoms with Crippen molar-refractivity contribution in [2.45, 2.75) is 39.8 Å². The van der Waals surface area contributed by atoms with Crippen molar-refractivity contribution < 1.29 is 19.0 Å². The summed E-state index contributed by atoms with van der Waals surface area (Å²) in [5, 5.41) is 3.38. The zero-order valence-electron chi connectivity index (χ0n) is 25.2. The molecule has 4 aromatic rings. The predicted octanol–water partition coefficient (Wildman–Crippen LogP) is 6.43. The minimum atomic E-state index is -0.183. The molecule has 4 rings (SSSR count). The van der Waals surface area contributed by atoms with Gasteiger partial charge in [0.05, 0.1) is 49.0 Å². The van der Waals surface area contributed by atoms with Gasteiger partial charge in [-0.1, -0.05) is 49.7 Å². The van der Waals surface area contributed by atoms with Crippen molar-refractivity contribution in [1.82, 2.24) is 19.8 Å². The van der Waals surface area contributed by atoms with E-state index in [0.29, 0.717) is 49.2 Å². The van der Waals surface area contributed by atoms with Crippen molar-refractivity contribution in [2.75, 3.05) is 41.0 Å². The van der Waals surface area contributed by atoms with Crippen molar-refractivity contribution >= 4 is 28.5 Å². The number of hydrogen-bond acceptors (Lipinski definition) is 6. The molecule has 1 aromatic heterocycles. The molecule has 42 heavy (non-hydrogen) atoms. The highest BCUT2D eigenvalue weighted by Crippen LogP contribution is 2.38. The molecule has 3 aromatic carbocycles. The van der Waals surface area contributed by atoms with E-state index < -0.39 is 0 Å². The number of rotatable bonds is 15. The maximum Gasteiger partial charge on any atom is 0.255 e. The monoisotopic (exact) mass is 592 g/mol. The van der Waals surface area contributed by atoms with Gasteiger partial charge in [-0.3, -0.25) is 4.79 Å². The number of para-hydroxylation sites is 2. The molecule has 0 aliphatic carbocycles. The molecule has 0 unspecified atom stereocenters. The number of halogens is 1. The number of fused-ring (bicyclic) bond motifs is 1. The first kappa shape index (κ1) is 31.2. The minimum Gasteiger partial charge on any atom is -0.494 e. The predicted molar refractivity (Wildman–Crippen MR) is 168 cm³/mol. The molecule has 8 nitrogen and oxygen atoms in total. The second kappa shape index (κ2) is 14.9. The van der Waals surface area contributed by atoms with Crippen LogP contribution in [0.4, 0.5) is 0 Å². The lowest BCUT2D eigenvalue weighted by molar-refractivity contribution is 0.0729. The molecule has 9 heteroatoms. The molecule has 0 fully saturated rings. The second-order valence-corrected chi connectivity index (χ2v) is 11.0. The summed E-state index contributed by atoms with van der Waals surface area (Å²) in [6.45, 7) is 7.32. The summed E-state index contributed by atoms with van der Waals surface area (Å²) < 4.78 is 19.0. The summed E-state index contributed by atoms with van der Waals surface area (Å²) in [4.78, 5) is 20.8. The van der Waals surface area contributed by atoms with Gasteiger partial charge in [-0.25, -0.2) is 4.98 Å². The average Bonchev–Trinajstić information content (AvgIpc) is 3.33. The van der Waals surface area contributed by atoms with E-state index >= 15 is 0 Å². The standard InChI is InChI=1S/C33H41ClN4O4/c1-23(2)16-18-37(33(39)26-14-15-29(40-4)32(41-5)31(26)34)22-30-36-27-12-6-7-13-28(27)38(30)21-24-10-8-11-25(20-24)42-19-9-17-35-3/h6-8,10-15,20,23,35H,9,16-19,21-22H2,1-5H3. The Morgan fingerprint density at radius 2 is 1.88 bits per heavy atom. The number of aromatic nitrogens is 2. The van der Waals surface area contributed by atoms with Gasteiger partial charge in [0, 0.05) is 13.1 Å². The fourth-order valence-electron chi connectivity index (χ4n) is 4.84. The smallest absolute Gasteiger partial charge is 0.255 e. The lowest BCUT2D eigenvalue weighted by atomic mass is 10.1. The number of nitrogens with one attached hydrogen (secondary N) is 1. The van der Waals surface area contributed by atoms with Gasteiger partial charge in [-0.2, -0.15) is 0 Å². The van der Waals surface area contributed by atoms with Crippen molar-refractivity contribution in [1.29, 1.82) is 0 Å². The van der Waals surface area contributed by atoms with E-state index in [2.05, 4.69) is 41.9 Å². The largest absolute Gasteiger partial charge is 0.494 e. The van der Waals surface area contributed by atoms with Crippen LogP contribution in [0, 0.1) is 5.92 Å². The van der Waals surface area contributed by atoms with Gasteiger partial charge in [0.15, 0.2) is 11.5 Å². The SMILES string of the molecule is CNCCCOc1cccc(Cn2c(CN(CCC(C)C)C(=O)c3ccc(OC)c(OC)c3Cl)nc3ccccc32)c1. The molecule has 0 saturated carbocycles. The Hall–Kier alpha value is -3.75. The van der Waals surface area contributed by atoms with Gasteiger partial charge in [-0.15, -0.1) is 0 Å². The second-order valence-electron chi connectivity index (χ2n) is 10.6. The number of methoxy groups -OCH3 is 2. The number of imidazole rings is 1. The summed E-state index contributed by atoms with van der Waals surface area (Å²) >= 11 is 6.68. The molecule has 0 saturated heterocycles. The number of amides is 1. The van der Waals surface area contributed by atoms with E-state index in [4.69, 9.17) is 30.8 Å². The molecule has 1 N–H and O–H groups in total. The van der Waals surface area contributed by atoms with Gasteiger partial charge < -0.3 is 29.0 Å². The quantitative estimate of drug-likeness (QED) is 0.160. The molecular formula is C33H41ClN4O4. The molecule has 0 bridgehead atoms. The fraction of sp³-hybridized carbons (Fsp3) is 0.394. The average molecular weight is 593 g/mol. The lowest BCUT2D eigenvalue weighted by Gasteiger charge is -2.25. The Kier molecular flexibility index (Phi) is 11.1. The summed E-state index contributed by atoms with van der Waals surface area (Å²) in [7, 11) is 4.99. The Morgan fingerprint density at radius 1 is 1.07 bits per heavy atom. The molecule has 0 aliphatic heterocycles. The fourth-order valence-corrected chi connectivity index (χ4v) is 5.15. The topological polar surface area (TPSA) is 77.9 Å². The van der Waals surface area contributed by atoms with Gasteiger partial charge >= 0.3 is 0 Å². The van der Waals surface area contributed by atoms with E-state index in [1.165, 1.54) is 7.11 Å². The number of nitrogens with zero attached hydrogens (tertiary/aromatic N) is 3. The molecule has 1 heterocycles. The Bertz CT molecular complexity index is 1490. The molecule has 1 amide bonds. The van der Waals surface area contributed by atoms with Crippen LogP contribution in [-0.4, -0.2) is 61.3 Å². The summed E-state index contributed by atoms with van der Waals surface area (Å²) in [5.74, 6) is 2.68. The zero-order valence-corrected chi connectivity index (χ0v) is 25.9. The van der Waals surface area contributed by atoms with Crippen LogP contribution < -0.4 is 19.5 Å².